The third-order valence-corrected chi connectivity index (χ3v) is 6.36. The van der Waals surface area contributed by atoms with Crippen molar-refractivity contribution >= 4 is 23.2 Å². The molecule has 2 amide bonds. The molecule has 2 aromatic carbocycles. The number of halogens is 3. The first-order chi connectivity index (χ1) is 14.4. The van der Waals surface area contributed by atoms with Gasteiger partial charge in [-0.2, -0.15) is 13.2 Å². The van der Waals surface area contributed by atoms with Gasteiger partial charge in [0.25, 0.3) is 0 Å². The molecule has 1 heterocycles. The maximum atomic E-state index is 13.4. The van der Waals surface area contributed by atoms with Gasteiger partial charge in [0, 0.05) is 17.9 Å². The monoisotopic (exact) mass is 432 g/mol. The number of aryl methyl sites for hydroxylation is 3. The molecule has 1 N–H and O–H groups in total. The molecule has 1 aliphatic rings. The summed E-state index contributed by atoms with van der Waals surface area (Å²) >= 11 is 0. The fourth-order valence-electron chi connectivity index (χ4n) is 4.51. The van der Waals surface area contributed by atoms with E-state index in [1.807, 2.05) is 39.0 Å². The number of nitrogens with one attached hydrogen (secondary N) is 1. The molecule has 1 fully saturated rings. The molecule has 0 aliphatic carbocycles. The van der Waals surface area contributed by atoms with Crippen molar-refractivity contribution in [2.75, 3.05) is 16.8 Å². The SMILES string of the molecule is CC[C@@]1(C(=O)Nc2cc(C)cc(C(F)(F)F)c2)CN(c2c(C)cccc2C)C(=O)[C@H]1C. The summed E-state index contributed by atoms with van der Waals surface area (Å²) in [5.41, 5.74) is 1.26. The molecule has 0 radical (unpaired) electrons. The van der Waals surface area contributed by atoms with Gasteiger partial charge >= 0.3 is 6.18 Å². The molecule has 0 spiro atoms. The van der Waals surface area contributed by atoms with Crippen molar-refractivity contribution in [3.05, 3.63) is 58.7 Å². The van der Waals surface area contributed by atoms with E-state index in [-0.39, 0.29) is 18.1 Å². The number of nitrogens with zero attached hydrogens (tertiary/aromatic N) is 1. The third kappa shape index (κ3) is 4.05. The lowest BCUT2D eigenvalue weighted by Crippen LogP contribution is -2.42. The first-order valence-corrected chi connectivity index (χ1v) is 10.3. The third-order valence-electron chi connectivity index (χ3n) is 6.36. The maximum absolute atomic E-state index is 13.4. The Labute approximate surface area is 180 Å². The zero-order valence-electron chi connectivity index (χ0n) is 18.4. The minimum atomic E-state index is -4.51. The highest BCUT2D eigenvalue weighted by molar-refractivity contribution is 6.07. The second-order valence-electron chi connectivity index (χ2n) is 8.44. The Kier molecular flexibility index (Phi) is 5.91. The van der Waals surface area contributed by atoms with Crippen LogP contribution >= 0.6 is 0 Å². The molecule has 0 aromatic heterocycles. The molecule has 0 unspecified atom stereocenters. The average Bonchev–Trinajstić information content (AvgIpc) is 2.93. The van der Waals surface area contributed by atoms with Crippen molar-refractivity contribution in [1.82, 2.24) is 0 Å². The summed E-state index contributed by atoms with van der Waals surface area (Å²) in [4.78, 5) is 28.2. The van der Waals surface area contributed by atoms with Crippen LogP contribution in [0.15, 0.2) is 36.4 Å². The van der Waals surface area contributed by atoms with E-state index in [1.165, 1.54) is 6.07 Å². The quantitative estimate of drug-likeness (QED) is 0.679. The highest BCUT2D eigenvalue weighted by atomic mass is 19.4. The molecule has 1 aliphatic heterocycles. The van der Waals surface area contributed by atoms with E-state index in [0.29, 0.717) is 12.0 Å². The van der Waals surface area contributed by atoms with Crippen molar-refractivity contribution in [2.45, 2.75) is 47.2 Å². The summed E-state index contributed by atoms with van der Waals surface area (Å²) in [5.74, 6) is -1.21. The normalized spacial score (nSPS) is 21.5. The summed E-state index contributed by atoms with van der Waals surface area (Å²) in [5, 5.41) is 2.66. The Balaban J connectivity index is 1.96. The Hall–Kier alpha value is -2.83. The zero-order valence-corrected chi connectivity index (χ0v) is 18.4. The van der Waals surface area contributed by atoms with Gasteiger partial charge in [0.1, 0.15) is 0 Å². The first-order valence-electron chi connectivity index (χ1n) is 10.3. The fourth-order valence-corrected chi connectivity index (χ4v) is 4.51. The van der Waals surface area contributed by atoms with E-state index in [4.69, 9.17) is 0 Å². The van der Waals surface area contributed by atoms with Gasteiger partial charge < -0.3 is 10.2 Å². The molecule has 0 saturated carbocycles. The highest BCUT2D eigenvalue weighted by Crippen LogP contribution is 2.44. The predicted molar refractivity (Wildman–Crippen MR) is 115 cm³/mol. The van der Waals surface area contributed by atoms with E-state index < -0.39 is 29.0 Å². The Morgan fingerprint density at radius 2 is 1.77 bits per heavy atom. The molecule has 0 bridgehead atoms. The van der Waals surface area contributed by atoms with Gasteiger partial charge in [0.2, 0.25) is 11.8 Å². The largest absolute Gasteiger partial charge is 0.416 e. The number of amides is 2. The topological polar surface area (TPSA) is 49.4 Å². The minimum Gasteiger partial charge on any atom is -0.326 e. The number of hydrogen-bond acceptors (Lipinski definition) is 2. The van der Waals surface area contributed by atoms with Crippen molar-refractivity contribution in [2.24, 2.45) is 11.3 Å². The van der Waals surface area contributed by atoms with Crippen LogP contribution in [-0.2, 0) is 15.8 Å². The van der Waals surface area contributed by atoms with E-state index in [2.05, 4.69) is 5.32 Å². The van der Waals surface area contributed by atoms with E-state index in [0.717, 1.165) is 28.9 Å². The lowest BCUT2D eigenvalue weighted by atomic mass is 9.75. The number of carbonyl (C=O) groups is 2. The molecule has 166 valence electrons. The number of para-hydroxylation sites is 1. The summed E-state index contributed by atoms with van der Waals surface area (Å²) in [6.45, 7) is 9.10. The van der Waals surface area contributed by atoms with Gasteiger partial charge in [-0.15, -0.1) is 0 Å². The first kappa shape index (κ1) is 22.8. The zero-order chi connectivity index (χ0) is 23.1. The smallest absolute Gasteiger partial charge is 0.326 e. The fraction of sp³-hybridized carbons (Fsp3) is 0.417. The van der Waals surface area contributed by atoms with Gasteiger partial charge in [-0.3, -0.25) is 9.59 Å². The number of carbonyl (C=O) groups excluding carboxylic acids is 2. The summed E-state index contributed by atoms with van der Waals surface area (Å²) in [6, 6.07) is 9.21. The van der Waals surface area contributed by atoms with Crippen LogP contribution in [0.1, 0.15) is 42.5 Å². The predicted octanol–water partition coefficient (Wildman–Crippen LogP) is 5.65. The van der Waals surface area contributed by atoms with Crippen LogP contribution in [0, 0.1) is 32.1 Å². The standard InChI is InChI=1S/C24H27F3N2O2/c1-6-23(22(31)28-19-11-14(2)10-18(12-19)24(25,26)27)13-29(21(30)17(23)5)20-15(3)8-7-9-16(20)4/h7-12,17H,6,13H2,1-5H3,(H,28,31)/t17-,23-/m1/s1. The molecule has 4 nitrogen and oxygen atoms in total. The summed E-state index contributed by atoms with van der Waals surface area (Å²) < 4.78 is 39.6. The van der Waals surface area contributed by atoms with Crippen molar-refractivity contribution < 1.29 is 22.8 Å². The molecular formula is C24H27F3N2O2. The lowest BCUT2D eigenvalue weighted by molar-refractivity contribution is -0.137. The molecule has 2 atom stereocenters. The van der Waals surface area contributed by atoms with Crippen LogP contribution in [-0.4, -0.2) is 18.4 Å². The molecule has 7 heteroatoms. The maximum Gasteiger partial charge on any atom is 0.416 e. The summed E-state index contributed by atoms with van der Waals surface area (Å²) in [6.07, 6.45) is -4.13. The van der Waals surface area contributed by atoms with Crippen LogP contribution in [0.2, 0.25) is 0 Å². The van der Waals surface area contributed by atoms with Crippen molar-refractivity contribution in [1.29, 1.82) is 0 Å². The lowest BCUT2D eigenvalue weighted by Gasteiger charge is -2.30. The van der Waals surface area contributed by atoms with Gasteiger partial charge in [0.15, 0.2) is 0 Å². The number of hydrogen-bond donors (Lipinski definition) is 1. The summed E-state index contributed by atoms with van der Waals surface area (Å²) in [7, 11) is 0. The van der Waals surface area contributed by atoms with Crippen LogP contribution in [0.3, 0.4) is 0 Å². The second kappa shape index (κ2) is 8.02. The Morgan fingerprint density at radius 1 is 1.16 bits per heavy atom. The average molecular weight is 432 g/mol. The molecular weight excluding hydrogens is 405 g/mol. The molecule has 1 saturated heterocycles. The molecule has 31 heavy (non-hydrogen) atoms. The number of alkyl halides is 3. The van der Waals surface area contributed by atoms with Crippen LogP contribution in [0.4, 0.5) is 24.5 Å². The van der Waals surface area contributed by atoms with E-state index >= 15 is 0 Å². The van der Waals surface area contributed by atoms with Gasteiger partial charge in [-0.25, -0.2) is 0 Å². The van der Waals surface area contributed by atoms with Gasteiger partial charge in [0.05, 0.1) is 16.9 Å². The van der Waals surface area contributed by atoms with Gasteiger partial charge in [-0.05, 0) is 62.1 Å². The van der Waals surface area contributed by atoms with Crippen molar-refractivity contribution in [3.8, 4) is 0 Å². The minimum absolute atomic E-state index is 0.0790. The van der Waals surface area contributed by atoms with E-state index in [9.17, 15) is 22.8 Å². The molecule has 2 aromatic rings. The van der Waals surface area contributed by atoms with Crippen molar-refractivity contribution in [3.63, 3.8) is 0 Å². The Bertz CT molecular complexity index is 1010. The number of benzene rings is 2. The van der Waals surface area contributed by atoms with E-state index in [1.54, 1.807) is 18.7 Å². The second-order valence-corrected chi connectivity index (χ2v) is 8.44. The highest BCUT2D eigenvalue weighted by Gasteiger charge is 2.54. The van der Waals surface area contributed by atoms with Crippen LogP contribution < -0.4 is 10.2 Å². The van der Waals surface area contributed by atoms with Crippen LogP contribution in [0.5, 0.6) is 0 Å². The van der Waals surface area contributed by atoms with Crippen LogP contribution in [0.25, 0.3) is 0 Å². The Morgan fingerprint density at radius 3 is 2.32 bits per heavy atom. The van der Waals surface area contributed by atoms with Gasteiger partial charge in [-0.1, -0.05) is 32.0 Å². The number of rotatable bonds is 4. The molecule has 3 rings (SSSR count). The number of anilines is 2.